The SMILES string of the molecule is Cc1cccc(-c2cccc(CNC(=O)CC3COCCN3)c2)c1.Cl. The van der Waals surface area contributed by atoms with Crippen LogP contribution >= 0.6 is 12.4 Å². The summed E-state index contributed by atoms with van der Waals surface area (Å²) in [6.45, 7) is 4.79. The maximum atomic E-state index is 12.1. The third-order valence-corrected chi connectivity index (χ3v) is 4.20. The fourth-order valence-corrected chi connectivity index (χ4v) is 2.93. The Morgan fingerprint density at radius 1 is 1.20 bits per heavy atom. The van der Waals surface area contributed by atoms with Crippen LogP contribution in [0.15, 0.2) is 48.5 Å². The molecule has 4 nitrogen and oxygen atoms in total. The second kappa shape index (κ2) is 9.56. The van der Waals surface area contributed by atoms with E-state index in [1.165, 1.54) is 16.7 Å². The number of amides is 1. The first-order valence-corrected chi connectivity index (χ1v) is 8.44. The summed E-state index contributed by atoms with van der Waals surface area (Å²) in [5, 5.41) is 6.30. The van der Waals surface area contributed by atoms with Crippen molar-refractivity contribution in [3.05, 3.63) is 59.7 Å². The maximum Gasteiger partial charge on any atom is 0.221 e. The topological polar surface area (TPSA) is 50.4 Å². The first-order chi connectivity index (χ1) is 11.7. The molecule has 5 heteroatoms. The number of carbonyl (C=O) groups excluding carboxylic acids is 1. The summed E-state index contributed by atoms with van der Waals surface area (Å²) in [6, 6.07) is 16.9. The average molecular weight is 361 g/mol. The summed E-state index contributed by atoms with van der Waals surface area (Å²) in [6.07, 6.45) is 0.456. The number of rotatable bonds is 5. The smallest absolute Gasteiger partial charge is 0.221 e. The van der Waals surface area contributed by atoms with Gasteiger partial charge >= 0.3 is 0 Å². The van der Waals surface area contributed by atoms with Crippen molar-refractivity contribution in [3.63, 3.8) is 0 Å². The molecule has 0 aliphatic carbocycles. The Morgan fingerprint density at radius 2 is 1.96 bits per heavy atom. The quantitative estimate of drug-likeness (QED) is 0.861. The lowest BCUT2D eigenvalue weighted by molar-refractivity contribution is -0.122. The van der Waals surface area contributed by atoms with Crippen LogP contribution in [0.5, 0.6) is 0 Å². The maximum absolute atomic E-state index is 12.1. The number of ether oxygens (including phenoxy) is 1. The van der Waals surface area contributed by atoms with E-state index in [1.54, 1.807) is 0 Å². The summed E-state index contributed by atoms with van der Waals surface area (Å²) in [4.78, 5) is 12.1. The highest BCUT2D eigenvalue weighted by Gasteiger charge is 2.16. The lowest BCUT2D eigenvalue weighted by atomic mass is 10.0. The van der Waals surface area contributed by atoms with Crippen LogP contribution in [0.25, 0.3) is 11.1 Å². The standard InChI is InChI=1S/C20H24N2O2.ClH/c1-15-4-2-6-17(10-15)18-7-3-5-16(11-18)13-22-20(23)12-19-14-24-9-8-21-19;/h2-7,10-11,19,21H,8-9,12-14H2,1H3,(H,22,23);1H. The summed E-state index contributed by atoms with van der Waals surface area (Å²) < 4.78 is 5.38. The second-order valence-electron chi connectivity index (χ2n) is 6.28. The van der Waals surface area contributed by atoms with Gasteiger partial charge in [0.05, 0.1) is 13.2 Å². The van der Waals surface area contributed by atoms with Gasteiger partial charge in [-0.3, -0.25) is 4.79 Å². The highest BCUT2D eigenvalue weighted by atomic mass is 35.5. The van der Waals surface area contributed by atoms with Gasteiger partial charge in [-0.2, -0.15) is 0 Å². The van der Waals surface area contributed by atoms with E-state index in [0.29, 0.717) is 19.6 Å². The summed E-state index contributed by atoms with van der Waals surface area (Å²) in [5.74, 6) is 0.0546. The van der Waals surface area contributed by atoms with Gasteiger partial charge in [0.25, 0.3) is 0 Å². The number of carbonyl (C=O) groups is 1. The molecule has 0 radical (unpaired) electrons. The minimum absolute atomic E-state index is 0. The summed E-state index contributed by atoms with van der Waals surface area (Å²) >= 11 is 0. The third kappa shape index (κ3) is 5.85. The Morgan fingerprint density at radius 3 is 2.68 bits per heavy atom. The van der Waals surface area contributed by atoms with Crippen molar-refractivity contribution in [2.45, 2.75) is 25.9 Å². The van der Waals surface area contributed by atoms with Gasteiger partial charge in [0, 0.05) is 25.6 Å². The van der Waals surface area contributed by atoms with E-state index in [2.05, 4.69) is 54.0 Å². The minimum atomic E-state index is 0. The average Bonchev–Trinajstić information content (AvgIpc) is 2.61. The largest absolute Gasteiger partial charge is 0.378 e. The molecule has 1 aliphatic heterocycles. The fourth-order valence-electron chi connectivity index (χ4n) is 2.93. The monoisotopic (exact) mass is 360 g/mol. The van der Waals surface area contributed by atoms with Crippen molar-refractivity contribution in [1.29, 1.82) is 0 Å². The number of morpholine rings is 1. The molecule has 0 bridgehead atoms. The molecule has 1 amide bonds. The molecule has 1 aliphatic rings. The van der Waals surface area contributed by atoms with Crippen LogP contribution in [-0.4, -0.2) is 31.7 Å². The minimum Gasteiger partial charge on any atom is -0.378 e. The summed E-state index contributed by atoms with van der Waals surface area (Å²) in [5.41, 5.74) is 4.73. The zero-order chi connectivity index (χ0) is 16.8. The van der Waals surface area contributed by atoms with E-state index in [4.69, 9.17) is 4.74 Å². The molecule has 2 aromatic carbocycles. The van der Waals surface area contributed by atoms with E-state index in [9.17, 15) is 4.79 Å². The Bertz CT molecular complexity index is 700. The molecule has 1 atom stereocenters. The molecule has 25 heavy (non-hydrogen) atoms. The van der Waals surface area contributed by atoms with Crippen LogP contribution in [0.3, 0.4) is 0 Å². The molecule has 1 saturated heterocycles. The number of benzene rings is 2. The fraction of sp³-hybridized carbons (Fsp3) is 0.350. The number of halogens is 1. The van der Waals surface area contributed by atoms with Gasteiger partial charge in [-0.15, -0.1) is 12.4 Å². The molecule has 134 valence electrons. The van der Waals surface area contributed by atoms with Crippen molar-refractivity contribution < 1.29 is 9.53 Å². The molecule has 0 spiro atoms. The van der Waals surface area contributed by atoms with Crippen LogP contribution < -0.4 is 10.6 Å². The number of aryl methyl sites for hydroxylation is 1. The van der Waals surface area contributed by atoms with Crippen molar-refractivity contribution in [3.8, 4) is 11.1 Å². The molecule has 2 N–H and O–H groups in total. The summed E-state index contributed by atoms with van der Waals surface area (Å²) in [7, 11) is 0. The van der Waals surface area contributed by atoms with Gasteiger partial charge in [0.1, 0.15) is 0 Å². The lowest BCUT2D eigenvalue weighted by Gasteiger charge is -2.23. The van der Waals surface area contributed by atoms with Crippen molar-refractivity contribution in [1.82, 2.24) is 10.6 Å². The molecule has 2 aromatic rings. The Balaban J connectivity index is 0.00000225. The number of hydrogen-bond donors (Lipinski definition) is 2. The Labute approximate surface area is 155 Å². The number of hydrogen-bond acceptors (Lipinski definition) is 3. The molecular weight excluding hydrogens is 336 g/mol. The van der Waals surface area contributed by atoms with Crippen molar-refractivity contribution >= 4 is 18.3 Å². The van der Waals surface area contributed by atoms with Crippen LogP contribution in [0.1, 0.15) is 17.5 Å². The van der Waals surface area contributed by atoms with Crippen LogP contribution in [0, 0.1) is 6.92 Å². The number of nitrogens with one attached hydrogen (secondary N) is 2. The van der Waals surface area contributed by atoms with Gasteiger partial charge < -0.3 is 15.4 Å². The zero-order valence-corrected chi connectivity index (χ0v) is 15.3. The molecule has 0 saturated carbocycles. The third-order valence-electron chi connectivity index (χ3n) is 4.20. The van der Waals surface area contributed by atoms with Gasteiger partial charge in [0.2, 0.25) is 5.91 Å². The predicted octanol–water partition coefficient (Wildman–Crippen LogP) is 3.08. The second-order valence-corrected chi connectivity index (χ2v) is 6.28. The van der Waals surface area contributed by atoms with Gasteiger partial charge in [-0.1, -0.05) is 48.0 Å². The lowest BCUT2D eigenvalue weighted by Crippen LogP contribution is -2.44. The molecule has 3 rings (SSSR count). The van der Waals surface area contributed by atoms with Crippen LogP contribution in [0.2, 0.25) is 0 Å². The van der Waals surface area contributed by atoms with Crippen LogP contribution in [0.4, 0.5) is 0 Å². The van der Waals surface area contributed by atoms with Gasteiger partial charge in [-0.25, -0.2) is 0 Å². The molecular formula is C20H25ClN2O2. The van der Waals surface area contributed by atoms with E-state index in [-0.39, 0.29) is 24.4 Å². The highest BCUT2D eigenvalue weighted by molar-refractivity contribution is 5.85. The molecule has 0 aromatic heterocycles. The van der Waals surface area contributed by atoms with E-state index in [0.717, 1.165) is 18.7 Å². The first-order valence-electron chi connectivity index (χ1n) is 8.44. The van der Waals surface area contributed by atoms with E-state index < -0.39 is 0 Å². The first kappa shape index (κ1) is 19.4. The Hall–Kier alpha value is -1.88. The predicted molar refractivity (Wildman–Crippen MR) is 103 cm³/mol. The van der Waals surface area contributed by atoms with Gasteiger partial charge in [0.15, 0.2) is 0 Å². The molecule has 1 unspecified atom stereocenters. The Kier molecular flexibility index (Phi) is 7.44. The van der Waals surface area contributed by atoms with E-state index >= 15 is 0 Å². The van der Waals surface area contributed by atoms with Crippen molar-refractivity contribution in [2.24, 2.45) is 0 Å². The van der Waals surface area contributed by atoms with Gasteiger partial charge in [-0.05, 0) is 29.7 Å². The van der Waals surface area contributed by atoms with Crippen molar-refractivity contribution in [2.75, 3.05) is 19.8 Å². The molecule has 1 heterocycles. The molecule has 1 fully saturated rings. The van der Waals surface area contributed by atoms with Crippen LogP contribution in [-0.2, 0) is 16.1 Å². The van der Waals surface area contributed by atoms with E-state index in [1.807, 2.05) is 12.1 Å². The normalized spacial score (nSPS) is 16.8. The highest BCUT2D eigenvalue weighted by Crippen LogP contribution is 2.21. The zero-order valence-electron chi connectivity index (χ0n) is 14.5.